The van der Waals surface area contributed by atoms with Crippen molar-refractivity contribution in [1.29, 1.82) is 0 Å². The van der Waals surface area contributed by atoms with E-state index in [1.807, 2.05) is 0 Å². The van der Waals surface area contributed by atoms with Crippen molar-refractivity contribution in [2.75, 3.05) is 0 Å². The second-order valence-corrected chi connectivity index (χ2v) is 5.85. The predicted molar refractivity (Wildman–Crippen MR) is 86.9 cm³/mol. The number of aliphatic carboxylic acids is 1. The van der Waals surface area contributed by atoms with Crippen LogP contribution in [0.25, 0.3) is 0 Å². The van der Waals surface area contributed by atoms with Gasteiger partial charge in [0.05, 0.1) is 0 Å². The first-order valence-electron chi connectivity index (χ1n) is 8.14. The fraction of sp³-hybridized carbons (Fsp3) is 0.722. The molecule has 0 fully saturated rings. The third-order valence-electron chi connectivity index (χ3n) is 3.28. The number of hydrogen-bond acceptors (Lipinski definition) is 1. The highest BCUT2D eigenvalue weighted by Gasteiger charge is 1.95. The lowest BCUT2D eigenvalue weighted by atomic mass is 10.1. The Morgan fingerprint density at radius 1 is 0.900 bits per heavy atom. The summed E-state index contributed by atoms with van der Waals surface area (Å²) in [5, 5.41) is 8.50. The average Bonchev–Trinajstić information content (AvgIpc) is 2.38. The molecule has 2 nitrogen and oxygen atoms in total. The first-order chi connectivity index (χ1) is 9.63. The lowest BCUT2D eigenvalue weighted by molar-refractivity contribution is -0.137. The molecule has 0 unspecified atom stereocenters. The summed E-state index contributed by atoms with van der Waals surface area (Å²) in [7, 11) is 0. The molecular formula is C18H32O2. The van der Waals surface area contributed by atoms with Crippen LogP contribution in [0.15, 0.2) is 24.3 Å². The van der Waals surface area contributed by atoms with E-state index in [-0.39, 0.29) is 0 Å². The number of carboxylic acid groups (broad SMARTS) is 1. The molecule has 0 atom stereocenters. The zero-order valence-corrected chi connectivity index (χ0v) is 13.3. The van der Waals surface area contributed by atoms with Crippen LogP contribution in [0.2, 0.25) is 0 Å². The maximum Gasteiger partial charge on any atom is 0.303 e. The van der Waals surface area contributed by atoms with E-state index in [0.717, 1.165) is 38.0 Å². The highest BCUT2D eigenvalue weighted by molar-refractivity contribution is 5.66. The monoisotopic (exact) mass is 280 g/mol. The van der Waals surface area contributed by atoms with E-state index >= 15 is 0 Å². The van der Waals surface area contributed by atoms with Crippen LogP contribution in [-0.2, 0) is 4.79 Å². The van der Waals surface area contributed by atoms with E-state index in [4.69, 9.17) is 5.11 Å². The maximum atomic E-state index is 10.3. The van der Waals surface area contributed by atoms with Gasteiger partial charge in [0.25, 0.3) is 0 Å². The van der Waals surface area contributed by atoms with E-state index in [1.54, 1.807) is 0 Å². The molecule has 0 aromatic rings. The zero-order chi connectivity index (χ0) is 15.1. The number of unbranched alkanes of at least 4 members (excludes halogenated alkanes) is 5. The molecule has 1 N–H and O–H groups in total. The molecular weight excluding hydrogens is 248 g/mol. The molecule has 2 heteroatoms. The van der Waals surface area contributed by atoms with E-state index in [9.17, 15) is 4.79 Å². The van der Waals surface area contributed by atoms with Crippen molar-refractivity contribution in [2.24, 2.45) is 5.92 Å². The zero-order valence-electron chi connectivity index (χ0n) is 13.3. The minimum Gasteiger partial charge on any atom is -0.481 e. The molecule has 0 aromatic heterocycles. The Kier molecular flexibility index (Phi) is 13.6. The van der Waals surface area contributed by atoms with Crippen molar-refractivity contribution in [3.05, 3.63) is 24.3 Å². The van der Waals surface area contributed by atoms with Crippen LogP contribution in [0.1, 0.15) is 78.1 Å². The molecule has 0 spiro atoms. The van der Waals surface area contributed by atoms with Gasteiger partial charge in [-0.1, -0.05) is 57.4 Å². The summed E-state index contributed by atoms with van der Waals surface area (Å²) in [6, 6.07) is 0. The lowest BCUT2D eigenvalue weighted by Crippen LogP contribution is -1.93. The van der Waals surface area contributed by atoms with Gasteiger partial charge in [-0.2, -0.15) is 0 Å². The number of allylic oxidation sites excluding steroid dienone is 4. The van der Waals surface area contributed by atoms with E-state index in [2.05, 4.69) is 38.2 Å². The maximum absolute atomic E-state index is 10.3. The van der Waals surface area contributed by atoms with E-state index in [1.165, 1.54) is 25.7 Å². The Morgan fingerprint density at radius 2 is 1.50 bits per heavy atom. The summed E-state index contributed by atoms with van der Waals surface area (Å²) < 4.78 is 0. The normalized spacial score (nSPS) is 11.9. The van der Waals surface area contributed by atoms with Gasteiger partial charge in [0.2, 0.25) is 0 Å². The van der Waals surface area contributed by atoms with Gasteiger partial charge in [-0.15, -0.1) is 0 Å². The summed E-state index contributed by atoms with van der Waals surface area (Å²) >= 11 is 0. The third kappa shape index (κ3) is 16.9. The Labute approximate surface area is 125 Å². The molecule has 0 saturated carbocycles. The van der Waals surface area contributed by atoms with Crippen molar-refractivity contribution in [1.82, 2.24) is 0 Å². The van der Waals surface area contributed by atoms with Gasteiger partial charge in [0.15, 0.2) is 0 Å². The molecule has 0 aliphatic heterocycles. The molecule has 116 valence electrons. The van der Waals surface area contributed by atoms with Gasteiger partial charge >= 0.3 is 5.97 Å². The predicted octanol–water partition coefficient (Wildman–Crippen LogP) is 5.74. The number of hydrogen-bond donors (Lipinski definition) is 1. The van der Waals surface area contributed by atoms with Gasteiger partial charge in [0.1, 0.15) is 0 Å². The van der Waals surface area contributed by atoms with Crippen molar-refractivity contribution in [2.45, 2.75) is 78.1 Å². The van der Waals surface area contributed by atoms with E-state index < -0.39 is 5.97 Å². The van der Waals surface area contributed by atoms with Gasteiger partial charge in [-0.05, 0) is 44.4 Å². The second-order valence-electron chi connectivity index (χ2n) is 5.85. The smallest absolute Gasteiger partial charge is 0.303 e. The summed E-state index contributed by atoms with van der Waals surface area (Å²) in [6.45, 7) is 4.52. The van der Waals surface area contributed by atoms with Crippen LogP contribution in [-0.4, -0.2) is 11.1 Å². The van der Waals surface area contributed by atoms with Crippen LogP contribution in [0, 0.1) is 5.92 Å². The van der Waals surface area contributed by atoms with Crippen LogP contribution < -0.4 is 0 Å². The second kappa shape index (κ2) is 14.4. The van der Waals surface area contributed by atoms with Crippen molar-refractivity contribution < 1.29 is 9.90 Å². The SMILES string of the molecule is CC(C)CC/C=C\C/C=C\CCCCCCCC(=O)O. The van der Waals surface area contributed by atoms with Gasteiger partial charge in [0, 0.05) is 6.42 Å². The van der Waals surface area contributed by atoms with E-state index in [0.29, 0.717) is 6.42 Å². The average molecular weight is 280 g/mol. The highest BCUT2D eigenvalue weighted by atomic mass is 16.4. The molecule has 0 heterocycles. The van der Waals surface area contributed by atoms with Crippen molar-refractivity contribution in [3.8, 4) is 0 Å². The van der Waals surface area contributed by atoms with Crippen LogP contribution in [0.5, 0.6) is 0 Å². The quantitative estimate of drug-likeness (QED) is 0.345. The third-order valence-corrected chi connectivity index (χ3v) is 3.28. The topological polar surface area (TPSA) is 37.3 Å². The molecule has 0 aliphatic carbocycles. The summed E-state index contributed by atoms with van der Waals surface area (Å²) in [6.07, 6.45) is 19.5. The van der Waals surface area contributed by atoms with Gasteiger partial charge in [-0.25, -0.2) is 0 Å². The molecule has 0 radical (unpaired) electrons. The molecule has 0 rings (SSSR count). The Bertz CT molecular complexity index is 277. The molecule has 0 amide bonds. The molecule has 0 saturated heterocycles. The Balaban J connectivity index is 3.21. The number of carboxylic acids is 1. The van der Waals surface area contributed by atoms with Crippen molar-refractivity contribution >= 4 is 5.97 Å². The van der Waals surface area contributed by atoms with Gasteiger partial charge < -0.3 is 5.11 Å². The standard InChI is InChI=1S/C18H32O2/c1-17(2)15-13-11-9-7-5-3-4-6-8-10-12-14-16-18(19)20/h3,5,9,11,17H,4,6-8,10,12-16H2,1-2H3,(H,19,20)/b5-3-,11-9-. The summed E-state index contributed by atoms with van der Waals surface area (Å²) in [4.78, 5) is 10.3. The lowest BCUT2D eigenvalue weighted by Gasteiger charge is -1.98. The van der Waals surface area contributed by atoms with Crippen LogP contribution in [0.4, 0.5) is 0 Å². The van der Waals surface area contributed by atoms with Gasteiger partial charge in [-0.3, -0.25) is 4.79 Å². The van der Waals surface area contributed by atoms with Crippen molar-refractivity contribution in [3.63, 3.8) is 0 Å². The Hall–Kier alpha value is -1.05. The highest BCUT2D eigenvalue weighted by Crippen LogP contribution is 2.08. The first-order valence-corrected chi connectivity index (χ1v) is 8.14. The summed E-state index contributed by atoms with van der Waals surface area (Å²) in [5.74, 6) is 0.125. The molecule has 0 aromatic carbocycles. The number of carbonyl (C=O) groups is 1. The van der Waals surface area contributed by atoms with Crippen LogP contribution in [0.3, 0.4) is 0 Å². The summed E-state index contributed by atoms with van der Waals surface area (Å²) in [5.41, 5.74) is 0. The van der Waals surface area contributed by atoms with Crippen LogP contribution >= 0.6 is 0 Å². The largest absolute Gasteiger partial charge is 0.481 e. The molecule has 20 heavy (non-hydrogen) atoms. The fourth-order valence-electron chi connectivity index (χ4n) is 2.01. The first kappa shape index (κ1) is 18.9. The fourth-order valence-corrected chi connectivity index (χ4v) is 2.01. The Morgan fingerprint density at radius 3 is 2.15 bits per heavy atom. The minimum absolute atomic E-state index is 0.322. The molecule has 0 bridgehead atoms. The molecule has 0 aliphatic rings. The number of rotatable bonds is 13. The minimum atomic E-state index is -0.672.